The van der Waals surface area contributed by atoms with Gasteiger partial charge in [-0.1, -0.05) is 54.6 Å². The van der Waals surface area contributed by atoms with Gasteiger partial charge in [0.2, 0.25) is 0 Å². The number of aryl methyl sites for hydroxylation is 3. The van der Waals surface area contributed by atoms with E-state index in [1.807, 2.05) is 87.5 Å². The molecule has 0 saturated heterocycles. The van der Waals surface area contributed by atoms with Gasteiger partial charge in [-0.2, -0.15) is 0 Å². The van der Waals surface area contributed by atoms with Gasteiger partial charge >= 0.3 is 0 Å². The summed E-state index contributed by atoms with van der Waals surface area (Å²) in [6.45, 7) is 6.31. The van der Waals surface area contributed by atoms with Crippen molar-refractivity contribution in [1.29, 1.82) is 0 Å². The van der Waals surface area contributed by atoms with E-state index in [0.29, 0.717) is 30.0 Å². The molecule has 0 radical (unpaired) electrons. The highest BCUT2D eigenvalue weighted by atomic mass is 16.5. The largest absolute Gasteiger partial charge is 0.495 e. The molecule has 0 unspecified atom stereocenters. The fourth-order valence-corrected chi connectivity index (χ4v) is 4.00. The highest BCUT2D eigenvalue weighted by Crippen LogP contribution is 2.34. The fourth-order valence-electron chi connectivity index (χ4n) is 4.00. The normalized spacial score (nSPS) is 13.6. The summed E-state index contributed by atoms with van der Waals surface area (Å²) in [7, 11) is 1.59. The lowest BCUT2D eigenvalue weighted by atomic mass is 9.99. The maximum Gasteiger partial charge on any atom is 0.278 e. The Balaban J connectivity index is 1.74. The first-order valence-electron chi connectivity index (χ1n) is 11.0. The molecule has 3 aromatic carbocycles. The molecular weight excluding hydrogens is 412 g/mol. The minimum atomic E-state index is -0.326. The van der Waals surface area contributed by atoms with Crippen molar-refractivity contribution in [2.75, 3.05) is 19.0 Å². The zero-order valence-corrected chi connectivity index (χ0v) is 19.4. The zero-order valence-electron chi connectivity index (χ0n) is 19.4. The summed E-state index contributed by atoms with van der Waals surface area (Å²) in [6, 6.07) is 21.4. The SMILES string of the molecule is COc1ccc(C)cc1NC1=C(c2ccc(C)c(C)c2)C(=O)N(CCc2ccccc2)C1=O. The summed E-state index contributed by atoms with van der Waals surface area (Å²) >= 11 is 0. The van der Waals surface area contributed by atoms with Crippen molar-refractivity contribution in [3.05, 3.63) is 100 Å². The smallest absolute Gasteiger partial charge is 0.278 e. The highest BCUT2D eigenvalue weighted by Gasteiger charge is 2.39. The van der Waals surface area contributed by atoms with E-state index >= 15 is 0 Å². The fraction of sp³-hybridized carbons (Fsp3) is 0.214. The average molecular weight is 441 g/mol. The lowest BCUT2D eigenvalue weighted by molar-refractivity contribution is -0.136. The summed E-state index contributed by atoms with van der Waals surface area (Å²) in [4.78, 5) is 28.4. The van der Waals surface area contributed by atoms with Gasteiger partial charge < -0.3 is 10.1 Å². The summed E-state index contributed by atoms with van der Waals surface area (Å²) in [5, 5.41) is 3.23. The Bertz CT molecular complexity index is 1250. The van der Waals surface area contributed by atoms with Crippen LogP contribution in [0.4, 0.5) is 5.69 Å². The molecule has 5 nitrogen and oxygen atoms in total. The van der Waals surface area contributed by atoms with Crippen LogP contribution in [0.2, 0.25) is 0 Å². The molecule has 0 bridgehead atoms. The molecule has 5 heteroatoms. The molecule has 0 aliphatic carbocycles. The number of benzene rings is 3. The molecule has 2 amide bonds. The van der Waals surface area contributed by atoms with Gasteiger partial charge in [0.25, 0.3) is 11.8 Å². The number of hydrogen-bond acceptors (Lipinski definition) is 4. The van der Waals surface area contributed by atoms with Gasteiger partial charge in [-0.25, -0.2) is 0 Å². The Morgan fingerprint density at radius 2 is 1.61 bits per heavy atom. The molecule has 1 aliphatic rings. The minimum Gasteiger partial charge on any atom is -0.495 e. The van der Waals surface area contributed by atoms with Crippen LogP contribution in [0.5, 0.6) is 5.75 Å². The molecule has 0 fully saturated rings. The molecule has 1 heterocycles. The molecule has 33 heavy (non-hydrogen) atoms. The van der Waals surface area contributed by atoms with Crippen LogP contribution in [0.15, 0.2) is 72.4 Å². The van der Waals surface area contributed by atoms with Gasteiger partial charge in [0.05, 0.1) is 18.4 Å². The first-order valence-corrected chi connectivity index (χ1v) is 11.0. The van der Waals surface area contributed by atoms with E-state index in [9.17, 15) is 9.59 Å². The molecule has 1 N–H and O–H groups in total. The van der Waals surface area contributed by atoms with Crippen molar-refractivity contribution in [3.8, 4) is 5.75 Å². The second-order valence-electron chi connectivity index (χ2n) is 8.38. The molecule has 168 valence electrons. The Labute approximate surface area is 194 Å². The number of amides is 2. The third-order valence-corrected chi connectivity index (χ3v) is 6.05. The van der Waals surface area contributed by atoms with E-state index in [0.717, 1.165) is 27.8 Å². The van der Waals surface area contributed by atoms with Crippen LogP contribution in [0.3, 0.4) is 0 Å². The maximum absolute atomic E-state index is 13.5. The standard InChI is InChI=1S/C28H28N2O3/c1-18-10-13-24(33-4)23(16-18)29-26-25(22-12-11-19(2)20(3)17-22)27(31)30(28(26)32)15-14-21-8-6-5-7-9-21/h5-13,16-17,29H,14-15H2,1-4H3. The van der Waals surface area contributed by atoms with E-state index in [-0.39, 0.29) is 17.5 Å². The third kappa shape index (κ3) is 4.53. The lowest BCUT2D eigenvalue weighted by Crippen LogP contribution is -2.34. The van der Waals surface area contributed by atoms with Crippen molar-refractivity contribution in [2.24, 2.45) is 0 Å². The van der Waals surface area contributed by atoms with Crippen LogP contribution in [-0.4, -0.2) is 30.4 Å². The number of methoxy groups -OCH3 is 1. The topological polar surface area (TPSA) is 58.6 Å². The summed E-state index contributed by atoms with van der Waals surface area (Å²) < 4.78 is 5.49. The molecule has 0 aromatic heterocycles. The van der Waals surface area contributed by atoms with Crippen molar-refractivity contribution in [3.63, 3.8) is 0 Å². The minimum absolute atomic E-state index is 0.278. The van der Waals surface area contributed by atoms with Gasteiger partial charge in [0.1, 0.15) is 11.4 Å². The Hall–Kier alpha value is -3.86. The predicted molar refractivity (Wildman–Crippen MR) is 131 cm³/mol. The average Bonchev–Trinajstić information content (AvgIpc) is 3.04. The van der Waals surface area contributed by atoms with Crippen LogP contribution in [-0.2, 0) is 16.0 Å². The number of anilines is 1. The van der Waals surface area contributed by atoms with Crippen LogP contribution in [0.1, 0.15) is 27.8 Å². The number of rotatable bonds is 7. The van der Waals surface area contributed by atoms with E-state index in [1.165, 1.54) is 4.90 Å². The van der Waals surface area contributed by atoms with Crippen molar-refractivity contribution < 1.29 is 14.3 Å². The van der Waals surface area contributed by atoms with E-state index in [4.69, 9.17) is 4.74 Å². The molecule has 0 atom stereocenters. The number of hydrogen-bond donors (Lipinski definition) is 1. The van der Waals surface area contributed by atoms with E-state index in [1.54, 1.807) is 7.11 Å². The Kier molecular flexibility index (Phi) is 6.31. The van der Waals surface area contributed by atoms with Gasteiger partial charge in [-0.05, 0) is 67.1 Å². The molecule has 4 rings (SSSR count). The van der Waals surface area contributed by atoms with E-state index < -0.39 is 0 Å². The third-order valence-electron chi connectivity index (χ3n) is 6.05. The quantitative estimate of drug-likeness (QED) is 0.522. The number of nitrogens with zero attached hydrogens (tertiary/aromatic N) is 1. The highest BCUT2D eigenvalue weighted by molar-refractivity contribution is 6.36. The lowest BCUT2D eigenvalue weighted by Gasteiger charge is -2.16. The zero-order chi connectivity index (χ0) is 23.5. The van der Waals surface area contributed by atoms with Gasteiger partial charge in [-0.15, -0.1) is 0 Å². The van der Waals surface area contributed by atoms with Gasteiger partial charge in [-0.3, -0.25) is 14.5 Å². The Morgan fingerprint density at radius 1 is 0.848 bits per heavy atom. The number of imide groups is 1. The number of carbonyl (C=O) groups is 2. The van der Waals surface area contributed by atoms with Crippen LogP contribution < -0.4 is 10.1 Å². The summed E-state index contributed by atoms with van der Waals surface area (Å²) in [5.41, 5.74) is 6.34. The number of ether oxygens (including phenoxy) is 1. The van der Waals surface area contributed by atoms with Crippen LogP contribution >= 0.6 is 0 Å². The van der Waals surface area contributed by atoms with Crippen LogP contribution in [0, 0.1) is 20.8 Å². The second-order valence-corrected chi connectivity index (χ2v) is 8.38. The van der Waals surface area contributed by atoms with Crippen molar-refractivity contribution in [2.45, 2.75) is 27.2 Å². The predicted octanol–water partition coefficient (Wildman–Crippen LogP) is 5.06. The Morgan fingerprint density at radius 3 is 2.30 bits per heavy atom. The summed E-state index contributed by atoms with van der Waals surface area (Å²) in [5.74, 6) is -0.00320. The van der Waals surface area contributed by atoms with Gasteiger partial charge in [0.15, 0.2) is 0 Å². The second kappa shape index (κ2) is 9.33. The van der Waals surface area contributed by atoms with Gasteiger partial charge in [0, 0.05) is 6.54 Å². The molecule has 1 aliphatic heterocycles. The first-order chi connectivity index (χ1) is 15.9. The number of nitrogens with one attached hydrogen (secondary N) is 1. The van der Waals surface area contributed by atoms with Crippen molar-refractivity contribution in [1.82, 2.24) is 4.90 Å². The monoisotopic (exact) mass is 440 g/mol. The first kappa shape index (κ1) is 22.3. The molecular formula is C28H28N2O3. The number of carbonyl (C=O) groups excluding carboxylic acids is 2. The van der Waals surface area contributed by atoms with Crippen LogP contribution in [0.25, 0.3) is 5.57 Å². The van der Waals surface area contributed by atoms with Crippen molar-refractivity contribution >= 4 is 23.1 Å². The molecule has 0 spiro atoms. The maximum atomic E-state index is 13.5. The molecule has 0 saturated carbocycles. The van der Waals surface area contributed by atoms with E-state index in [2.05, 4.69) is 5.32 Å². The molecule has 3 aromatic rings. The summed E-state index contributed by atoms with van der Waals surface area (Å²) in [6.07, 6.45) is 0.597.